The van der Waals surface area contributed by atoms with E-state index in [-0.39, 0.29) is 25.5 Å². The Morgan fingerprint density at radius 3 is 2.52 bits per heavy atom. The number of aryl methyl sites for hydroxylation is 1. The largest absolute Gasteiger partial charge is 0.450 e. The average Bonchev–Trinajstić information content (AvgIpc) is 3.95. The molecule has 0 aromatic heterocycles. The number of carbonyl (C=O) groups excluding carboxylic acids is 5. The van der Waals surface area contributed by atoms with Gasteiger partial charge in [0.2, 0.25) is 21.8 Å². The molecular weight excluding hydrogens is 690 g/mol. The van der Waals surface area contributed by atoms with Crippen molar-refractivity contribution in [3.05, 3.63) is 34.9 Å². The number of unbranched alkanes of at least 4 members (excludes halogenated alkanes) is 1. The average molecular weight is 742 g/mol. The second kappa shape index (κ2) is 14.5. The molecule has 0 radical (unpaired) electrons. The van der Waals surface area contributed by atoms with Crippen LogP contribution < -0.4 is 10.6 Å². The normalized spacial score (nSPS) is 31.1. The van der Waals surface area contributed by atoms with E-state index in [2.05, 4.69) is 16.7 Å². The van der Waals surface area contributed by atoms with Gasteiger partial charge < -0.3 is 25.0 Å². The molecular formula is C37H51N5O9S. The lowest BCUT2D eigenvalue weighted by molar-refractivity contribution is -0.144. The molecule has 14 nitrogen and oxygen atoms in total. The quantitative estimate of drug-likeness (QED) is 0.379. The number of rotatable bonds is 8. The molecule has 4 aliphatic heterocycles. The molecule has 4 heterocycles. The number of carbonyl (C=O) groups is 5. The molecule has 4 bridgehead atoms. The highest BCUT2D eigenvalue weighted by Crippen LogP contribution is 2.61. The van der Waals surface area contributed by atoms with E-state index in [0.29, 0.717) is 51.6 Å². The van der Waals surface area contributed by atoms with Crippen molar-refractivity contribution in [3.63, 3.8) is 0 Å². The van der Waals surface area contributed by atoms with Crippen LogP contribution in [0.15, 0.2) is 18.2 Å². The van der Waals surface area contributed by atoms with Crippen LogP contribution in [0.2, 0.25) is 0 Å². The molecule has 6 atom stereocenters. The first-order valence-corrected chi connectivity index (χ1v) is 20.7. The van der Waals surface area contributed by atoms with Crippen LogP contribution in [-0.2, 0) is 53.4 Å². The molecule has 284 valence electrons. The van der Waals surface area contributed by atoms with Gasteiger partial charge in [-0.3, -0.25) is 19.3 Å². The van der Waals surface area contributed by atoms with Crippen molar-refractivity contribution in [3.8, 4) is 0 Å². The third-order valence-corrected chi connectivity index (χ3v) is 14.1. The Morgan fingerprint density at radius 2 is 1.77 bits per heavy atom. The van der Waals surface area contributed by atoms with Gasteiger partial charge in [-0.15, -0.1) is 0 Å². The topological polar surface area (TPSA) is 172 Å². The van der Waals surface area contributed by atoms with E-state index in [1.165, 1.54) is 10.5 Å². The predicted octanol–water partition coefficient (Wildman–Crippen LogP) is 3.50. The fraction of sp³-hybridized carbons (Fsp3) is 0.703. The number of alkyl carbamates (subject to hydrolysis) is 1. The molecule has 1 aromatic rings. The zero-order valence-corrected chi connectivity index (χ0v) is 31.0. The van der Waals surface area contributed by atoms with Crippen LogP contribution in [-0.4, -0.2) is 101 Å². The summed E-state index contributed by atoms with van der Waals surface area (Å²) in [5.74, 6) is -2.15. The van der Waals surface area contributed by atoms with Gasteiger partial charge in [0.25, 0.3) is 5.91 Å². The Morgan fingerprint density at radius 1 is 1.02 bits per heavy atom. The maximum Gasteiger partial charge on any atom is 0.410 e. The fourth-order valence-corrected chi connectivity index (χ4v) is 10.8. The van der Waals surface area contributed by atoms with Gasteiger partial charge in [-0.1, -0.05) is 64.2 Å². The van der Waals surface area contributed by atoms with Crippen LogP contribution >= 0.6 is 0 Å². The van der Waals surface area contributed by atoms with Gasteiger partial charge in [-0.05, 0) is 61.6 Å². The van der Waals surface area contributed by atoms with Crippen LogP contribution in [0, 0.1) is 5.92 Å². The third kappa shape index (κ3) is 6.62. The number of fused-ring (bicyclic) bond motifs is 4. The van der Waals surface area contributed by atoms with Gasteiger partial charge in [0.1, 0.15) is 23.7 Å². The summed E-state index contributed by atoms with van der Waals surface area (Å²) in [4.78, 5) is 71.5. The molecule has 7 rings (SSSR count). The molecule has 4 fully saturated rings. The van der Waals surface area contributed by atoms with Gasteiger partial charge in [-0.25, -0.2) is 22.3 Å². The van der Waals surface area contributed by atoms with Crippen molar-refractivity contribution in [2.24, 2.45) is 5.92 Å². The number of hydrogen-bond donors (Lipinski definition) is 2. The van der Waals surface area contributed by atoms with Crippen molar-refractivity contribution in [1.29, 1.82) is 0 Å². The molecule has 2 saturated carbocycles. The van der Waals surface area contributed by atoms with Crippen molar-refractivity contribution in [2.45, 2.75) is 145 Å². The lowest BCUT2D eigenvalue weighted by Crippen LogP contribution is -2.68. The minimum atomic E-state index is -3.79. The maximum atomic E-state index is 14.3. The Labute approximate surface area is 305 Å². The van der Waals surface area contributed by atoms with E-state index in [0.717, 1.165) is 54.0 Å². The standard InChI is InChI=1S/C37H51N5O9S/c1-3-5-15-29-33(44)41-21-25(19-30(41)32(43)39-37-28(4-2)31(37)42(34(37)45)52(48,49)26-16-17-26)51-36(47)40-20-24-14-11-13-23(27(24)22-40)12-9-7-6-8-10-18-50-35(46)38-29/h11,13-14,25-26,28-31H,3-10,12,15-22H2,1-2H3,(H,38,46)(H,39,43)/t25-,28?,29+,30+,31-,37?/m1/s1. The molecule has 15 heteroatoms. The van der Waals surface area contributed by atoms with Crippen molar-refractivity contribution in [2.75, 3.05) is 13.2 Å². The summed E-state index contributed by atoms with van der Waals surface area (Å²) in [6, 6.07) is 3.38. The molecule has 2 N–H and O–H groups in total. The van der Waals surface area contributed by atoms with Crippen LogP contribution in [0.25, 0.3) is 0 Å². The molecule has 1 aromatic carbocycles. The molecule has 2 saturated heterocycles. The predicted molar refractivity (Wildman–Crippen MR) is 188 cm³/mol. The van der Waals surface area contributed by atoms with E-state index >= 15 is 0 Å². The minimum Gasteiger partial charge on any atom is -0.450 e. The van der Waals surface area contributed by atoms with Gasteiger partial charge in [0, 0.05) is 25.4 Å². The summed E-state index contributed by atoms with van der Waals surface area (Å²) in [6.45, 7) is 4.77. The molecule has 2 aliphatic carbocycles. The second-order valence-electron chi connectivity index (χ2n) is 15.3. The van der Waals surface area contributed by atoms with Gasteiger partial charge in [0.15, 0.2) is 0 Å². The van der Waals surface area contributed by atoms with E-state index in [1.54, 1.807) is 4.90 Å². The highest BCUT2D eigenvalue weighted by molar-refractivity contribution is 7.90. The van der Waals surface area contributed by atoms with Crippen LogP contribution in [0.4, 0.5) is 9.59 Å². The van der Waals surface area contributed by atoms with Crippen LogP contribution in [0.3, 0.4) is 0 Å². The highest BCUT2D eigenvalue weighted by Gasteiger charge is 2.85. The van der Waals surface area contributed by atoms with E-state index < -0.39 is 74.9 Å². The fourth-order valence-electron chi connectivity index (χ4n) is 8.78. The van der Waals surface area contributed by atoms with Crippen molar-refractivity contribution in [1.82, 2.24) is 24.7 Å². The Bertz CT molecular complexity index is 1720. The van der Waals surface area contributed by atoms with Gasteiger partial charge >= 0.3 is 12.2 Å². The first-order chi connectivity index (χ1) is 25.0. The van der Waals surface area contributed by atoms with E-state index in [9.17, 15) is 32.4 Å². The number of sulfonamides is 1. The number of ether oxygens (including phenoxy) is 2. The van der Waals surface area contributed by atoms with Crippen molar-refractivity contribution < 1.29 is 41.9 Å². The number of β-lactam (4-membered cyclic amide) rings is 1. The number of benzene rings is 1. The highest BCUT2D eigenvalue weighted by atomic mass is 32.2. The summed E-state index contributed by atoms with van der Waals surface area (Å²) in [7, 11) is -3.79. The zero-order chi connectivity index (χ0) is 36.8. The summed E-state index contributed by atoms with van der Waals surface area (Å²) in [5.41, 5.74) is 2.08. The molecule has 52 heavy (non-hydrogen) atoms. The smallest absolute Gasteiger partial charge is 0.410 e. The molecule has 0 spiro atoms. The second-order valence-corrected chi connectivity index (χ2v) is 17.4. The number of nitrogens with one attached hydrogen (secondary N) is 2. The number of nitrogens with zero attached hydrogens (tertiary/aromatic N) is 3. The monoisotopic (exact) mass is 741 g/mol. The summed E-state index contributed by atoms with van der Waals surface area (Å²) in [5, 5.41) is 5.04. The SMILES string of the molecule is CCCC[C@@H]1NC(=O)OCCCCCCCc2cccc3c2CN(C3)C(=O)O[C@@H]2C[C@@H](C(=O)NC34C(=O)N(S(=O)(=O)C5CC5)[C@@H]3C4CC)N(C2)C1=O. The molecule has 6 aliphatic rings. The summed E-state index contributed by atoms with van der Waals surface area (Å²) in [6.07, 6.45) is 6.63. The van der Waals surface area contributed by atoms with E-state index in [4.69, 9.17) is 9.47 Å². The number of amides is 5. The lowest BCUT2D eigenvalue weighted by Gasteiger charge is -2.38. The minimum absolute atomic E-state index is 0.0177. The third-order valence-electron chi connectivity index (χ3n) is 11.8. The van der Waals surface area contributed by atoms with Gasteiger partial charge in [0.05, 0.1) is 24.4 Å². The van der Waals surface area contributed by atoms with E-state index in [1.807, 2.05) is 26.0 Å². The van der Waals surface area contributed by atoms with Crippen LogP contribution in [0.1, 0.15) is 108 Å². The Hall–Kier alpha value is -3.88. The maximum absolute atomic E-state index is 14.3. The molecule has 2 unspecified atom stereocenters. The number of hydrogen-bond acceptors (Lipinski definition) is 9. The lowest BCUT2D eigenvalue weighted by atomic mass is 9.98. The number of cyclic esters (lactones) is 1. The van der Waals surface area contributed by atoms with Gasteiger partial charge in [-0.2, -0.15) is 0 Å². The first-order valence-electron chi connectivity index (χ1n) is 19.2. The van der Waals surface area contributed by atoms with Crippen molar-refractivity contribution >= 4 is 39.9 Å². The van der Waals surface area contributed by atoms with Crippen LogP contribution in [0.5, 0.6) is 0 Å². The summed E-state index contributed by atoms with van der Waals surface area (Å²) < 4.78 is 38.5. The Kier molecular flexibility index (Phi) is 10.2. The Balaban J connectivity index is 1.12. The zero-order valence-electron chi connectivity index (χ0n) is 30.1. The summed E-state index contributed by atoms with van der Waals surface area (Å²) >= 11 is 0. The first kappa shape index (κ1) is 36.5. The molecule has 5 amide bonds.